The van der Waals surface area contributed by atoms with Crippen LogP contribution < -0.4 is 0 Å². The van der Waals surface area contributed by atoms with Crippen LogP contribution in [-0.2, 0) is 4.74 Å². The van der Waals surface area contributed by atoms with E-state index in [1.807, 2.05) is 42.2 Å². The first kappa shape index (κ1) is 14.5. The average molecular weight is 349 g/mol. The van der Waals surface area contributed by atoms with Crippen molar-refractivity contribution in [2.24, 2.45) is 0 Å². The van der Waals surface area contributed by atoms with Crippen LogP contribution in [0.4, 0.5) is 0 Å². The topological polar surface area (TPSA) is 42.4 Å². The number of carbonyl (C=O) groups is 1. The fraction of sp³-hybridized carbons (Fsp3) is 0.375. The van der Waals surface area contributed by atoms with Crippen molar-refractivity contribution in [3.05, 3.63) is 41.6 Å². The molecular weight excluding hydrogens is 332 g/mol. The van der Waals surface area contributed by atoms with Crippen molar-refractivity contribution in [2.45, 2.75) is 13.0 Å². The summed E-state index contributed by atoms with van der Waals surface area (Å²) in [4.78, 5) is 19.4. The van der Waals surface area contributed by atoms with E-state index < -0.39 is 0 Å². The highest BCUT2D eigenvalue weighted by molar-refractivity contribution is 9.09. The molecule has 5 heteroatoms. The summed E-state index contributed by atoms with van der Waals surface area (Å²) < 4.78 is 5.46. The van der Waals surface area contributed by atoms with Crippen molar-refractivity contribution < 1.29 is 9.53 Å². The van der Waals surface area contributed by atoms with Crippen LogP contribution in [0.1, 0.15) is 16.1 Å². The van der Waals surface area contributed by atoms with Gasteiger partial charge in [-0.1, -0.05) is 34.1 Å². The molecule has 1 atom stereocenters. The maximum absolute atomic E-state index is 13.0. The number of halogens is 1. The first-order valence-corrected chi connectivity index (χ1v) is 8.14. The van der Waals surface area contributed by atoms with Gasteiger partial charge in [-0.15, -0.1) is 0 Å². The molecule has 1 aromatic heterocycles. The average Bonchev–Trinajstić information content (AvgIpc) is 2.53. The number of hydrogen-bond acceptors (Lipinski definition) is 3. The summed E-state index contributed by atoms with van der Waals surface area (Å²) in [5.41, 5.74) is 2.45. The second-order valence-corrected chi connectivity index (χ2v) is 5.86. The van der Waals surface area contributed by atoms with Gasteiger partial charge in [-0.2, -0.15) is 0 Å². The molecule has 110 valence electrons. The van der Waals surface area contributed by atoms with Crippen molar-refractivity contribution in [1.29, 1.82) is 0 Å². The number of ether oxygens (including phenoxy) is 1. The van der Waals surface area contributed by atoms with Gasteiger partial charge in [0.25, 0.3) is 5.91 Å². The lowest BCUT2D eigenvalue weighted by atomic mass is 10.1. The Labute approximate surface area is 132 Å². The van der Waals surface area contributed by atoms with Crippen molar-refractivity contribution in [3.8, 4) is 0 Å². The van der Waals surface area contributed by atoms with E-state index in [-0.39, 0.29) is 11.9 Å². The molecule has 2 heterocycles. The van der Waals surface area contributed by atoms with Gasteiger partial charge in [-0.3, -0.25) is 9.78 Å². The molecule has 0 N–H and O–H groups in total. The lowest BCUT2D eigenvalue weighted by Crippen LogP contribution is -2.49. The second kappa shape index (κ2) is 6.12. The quantitative estimate of drug-likeness (QED) is 0.783. The smallest absolute Gasteiger partial charge is 0.255 e. The van der Waals surface area contributed by atoms with E-state index in [0.717, 1.165) is 27.5 Å². The number of morpholine rings is 1. The predicted molar refractivity (Wildman–Crippen MR) is 85.9 cm³/mol. The van der Waals surface area contributed by atoms with Gasteiger partial charge in [0.2, 0.25) is 0 Å². The van der Waals surface area contributed by atoms with Gasteiger partial charge in [0.1, 0.15) is 0 Å². The Morgan fingerprint density at radius 3 is 3.10 bits per heavy atom. The molecule has 1 saturated heterocycles. The highest BCUT2D eigenvalue weighted by atomic mass is 79.9. The normalized spacial score (nSPS) is 19.0. The Balaban J connectivity index is 2.04. The number of hydrogen-bond donors (Lipinski definition) is 0. The number of amides is 1. The van der Waals surface area contributed by atoms with Gasteiger partial charge in [-0.25, -0.2) is 0 Å². The standard InChI is InChI=1S/C16H17BrN2O2/c1-11-8-14(13-4-2-3-5-15(13)18-11)16(20)19-6-7-21-10-12(19)9-17/h2-5,8,12H,6-7,9-10H2,1H3. The summed E-state index contributed by atoms with van der Waals surface area (Å²) in [5.74, 6) is 0.0597. The molecule has 0 radical (unpaired) electrons. The molecule has 1 fully saturated rings. The Hall–Kier alpha value is -1.46. The lowest BCUT2D eigenvalue weighted by molar-refractivity contribution is 0.00535. The highest BCUT2D eigenvalue weighted by Crippen LogP contribution is 2.22. The van der Waals surface area contributed by atoms with Crippen molar-refractivity contribution in [3.63, 3.8) is 0 Å². The summed E-state index contributed by atoms with van der Waals surface area (Å²) in [5, 5.41) is 1.63. The molecule has 1 aliphatic heterocycles. The molecule has 1 unspecified atom stereocenters. The number of pyridine rings is 1. The number of benzene rings is 1. The highest BCUT2D eigenvalue weighted by Gasteiger charge is 2.28. The number of alkyl halides is 1. The zero-order valence-electron chi connectivity index (χ0n) is 11.9. The van der Waals surface area contributed by atoms with Gasteiger partial charge >= 0.3 is 0 Å². The molecule has 4 nitrogen and oxygen atoms in total. The van der Waals surface area contributed by atoms with Gasteiger partial charge in [0.15, 0.2) is 0 Å². The van der Waals surface area contributed by atoms with Crippen LogP contribution in [0.25, 0.3) is 10.9 Å². The van der Waals surface area contributed by atoms with Crippen LogP contribution in [-0.4, -0.2) is 46.9 Å². The van der Waals surface area contributed by atoms with E-state index in [0.29, 0.717) is 19.8 Å². The minimum Gasteiger partial charge on any atom is -0.377 e. The summed E-state index contributed by atoms with van der Waals surface area (Å²) in [7, 11) is 0. The number of aromatic nitrogens is 1. The van der Waals surface area contributed by atoms with Gasteiger partial charge in [-0.05, 0) is 19.1 Å². The SMILES string of the molecule is Cc1cc(C(=O)N2CCOCC2CBr)c2ccccc2n1. The Morgan fingerprint density at radius 2 is 2.29 bits per heavy atom. The molecule has 1 amide bonds. The van der Waals surface area contributed by atoms with E-state index in [4.69, 9.17) is 4.74 Å². The monoisotopic (exact) mass is 348 g/mol. The fourth-order valence-electron chi connectivity index (χ4n) is 2.69. The van der Waals surface area contributed by atoms with Gasteiger partial charge in [0.05, 0.1) is 30.3 Å². The number of rotatable bonds is 2. The summed E-state index contributed by atoms with van der Waals surface area (Å²) in [6.07, 6.45) is 0. The Kier molecular flexibility index (Phi) is 4.22. The third kappa shape index (κ3) is 2.80. The first-order chi connectivity index (χ1) is 10.2. The minimum absolute atomic E-state index is 0.0597. The van der Waals surface area contributed by atoms with Crippen LogP contribution in [0, 0.1) is 6.92 Å². The van der Waals surface area contributed by atoms with Crippen molar-refractivity contribution >= 4 is 32.7 Å². The summed E-state index contributed by atoms with van der Waals surface area (Å²) in [6, 6.07) is 9.75. The fourth-order valence-corrected chi connectivity index (χ4v) is 3.23. The van der Waals surface area contributed by atoms with Crippen LogP contribution in [0.5, 0.6) is 0 Å². The maximum Gasteiger partial charge on any atom is 0.255 e. The molecule has 0 spiro atoms. The number of carbonyl (C=O) groups excluding carboxylic acids is 1. The minimum atomic E-state index is 0.0597. The summed E-state index contributed by atoms with van der Waals surface area (Å²) >= 11 is 3.47. The van der Waals surface area contributed by atoms with E-state index in [1.54, 1.807) is 0 Å². The van der Waals surface area contributed by atoms with Crippen LogP contribution >= 0.6 is 15.9 Å². The van der Waals surface area contributed by atoms with Gasteiger partial charge < -0.3 is 9.64 Å². The molecule has 2 aromatic rings. The number of aryl methyl sites for hydroxylation is 1. The number of para-hydroxylation sites is 1. The van der Waals surface area contributed by atoms with Gasteiger partial charge in [0, 0.05) is 23.0 Å². The largest absolute Gasteiger partial charge is 0.377 e. The van der Waals surface area contributed by atoms with E-state index in [2.05, 4.69) is 20.9 Å². The number of fused-ring (bicyclic) bond motifs is 1. The van der Waals surface area contributed by atoms with E-state index in [1.165, 1.54) is 0 Å². The predicted octanol–water partition coefficient (Wildman–Crippen LogP) is 2.78. The van der Waals surface area contributed by atoms with E-state index in [9.17, 15) is 4.79 Å². The first-order valence-electron chi connectivity index (χ1n) is 7.02. The zero-order chi connectivity index (χ0) is 14.8. The Morgan fingerprint density at radius 1 is 1.48 bits per heavy atom. The molecule has 3 rings (SSSR count). The number of nitrogens with zero attached hydrogens (tertiary/aromatic N) is 2. The van der Waals surface area contributed by atoms with E-state index >= 15 is 0 Å². The molecular formula is C16H17BrN2O2. The third-order valence-electron chi connectivity index (χ3n) is 3.74. The molecule has 0 aliphatic carbocycles. The lowest BCUT2D eigenvalue weighted by Gasteiger charge is -2.34. The van der Waals surface area contributed by atoms with Crippen LogP contribution in [0.15, 0.2) is 30.3 Å². The van der Waals surface area contributed by atoms with Crippen molar-refractivity contribution in [2.75, 3.05) is 25.1 Å². The van der Waals surface area contributed by atoms with Crippen LogP contribution in [0.2, 0.25) is 0 Å². The third-order valence-corrected chi connectivity index (χ3v) is 4.49. The second-order valence-electron chi connectivity index (χ2n) is 5.21. The molecule has 1 aliphatic rings. The van der Waals surface area contributed by atoms with Crippen molar-refractivity contribution in [1.82, 2.24) is 9.88 Å². The molecule has 21 heavy (non-hydrogen) atoms. The Bertz CT molecular complexity index is 674. The summed E-state index contributed by atoms with van der Waals surface area (Å²) in [6.45, 7) is 3.73. The maximum atomic E-state index is 13.0. The van der Waals surface area contributed by atoms with Crippen LogP contribution in [0.3, 0.4) is 0 Å². The molecule has 0 bridgehead atoms. The molecule has 1 aromatic carbocycles. The zero-order valence-corrected chi connectivity index (χ0v) is 13.5. The molecule has 0 saturated carbocycles.